The third kappa shape index (κ3) is 3.02. The van der Waals surface area contributed by atoms with Crippen LogP contribution in [0.1, 0.15) is 17.2 Å². The Morgan fingerprint density at radius 2 is 1.64 bits per heavy atom. The first-order chi connectivity index (χ1) is 13.6. The molecule has 0 fully saturated rings. The molecule has 0 saturated heterocycles. The van der Waals surface area contributed by atoms with E-state index in [0.717, 1.165) is 16.8 Å². The predicted molar refractivity (Wildman–Crippen MR) is 102 cm³/mol. The van der Waals surface area contributed by atoms with Crippen molar-refractivity contribution >= 4 is 11.6 Å². The van der Waals surface area contributed by atoms with Crippen molar-refractivity contribution in [2.24, 2.45) is 0 Å². The molecule has 7 nitrogen and oxygen atoms in total. The largest absolute Gasteiger partial charge is 0.496 e. The second kappa shape index (κ2) is 7.22. The molecular weight excluding hydrogens is 363 g/mol. The molecule has 0 aliphatic carbocycles. The Bertz CT molecular complexity index is 1030. The maximum absolute atomic E-state index is 13.3. The number of ether oxygens (including phenoxy) is 3. The summed E-state index contributed by atoms with van der Waals surface area (Å²) in [6.07, 6.45) is 3.46. The molecule has 28 heavy (non-hydrogen) atoms. The van der Waals surface area contributed by atoms with Crippen LogP contribution in [0.4, 0.5) is 10.3 Å². The first-order valence-corrected chi connectivity index (χ1v) is 8.58. The van der Waals surface area contributed by atoms with Gasteiger partial charge in [-0.1, -0.05) is 0 Å². The van der Waals surface area contributed by atoms with Crippen molar-refractivity contribution < 1.29 is 18.6 Å². The SMILES string of the molecule is COc1cc(OC)c([C@@H]2C=C(c3ccc(F)cc3)Nc3ncnn32)cc1OC. The van der Waals surface area contributed by atoms with Gasteiger partial charge in [0.2, 0.25) is 5.95 Å². The zero-order valence-corrected chi connectivity index (χ0v) is 15.6. The van der Waals surface area contributed by atoms with Crippen molar-refractivity contribution in [3.8, 4) is 17.2 Å². The topological polar surface area (TPSA) is 70.4 Å². The van der Waals surface area contributed by atoms with Crippen molar-refractivity contribution in [1.29, 1.82) is 0 Å². The lowest BCUT2D eigenvalue weighted by Crippen LogP contribution is -2.20. The first-order valence-electron chi connectivity index (χ1n) is 8.58. The summed E-state index contributed by atoms with van der Waals surface area (Å²) in [5.41, 5.74) is 2.45. The van der Waals surface area contributed by atoms with Crippen molar-refractivity contribution in [3.05, 3.63) is 65.7 Å². The number of nitrogens with zero attached hydrogens (tertiary/aromatic N) is 3. The van der Waals surface area contributed by atoms with E-state index in [1.807, 2.05) is 12.1 Å². The summed E-state index contributed by atoms with van der Waals surface area (Å²) >= 11 is 0. The average Bonchev–Trinajstić information content (AvgIpc) is 3.21. The molecule has 1 aliphatic rings. The first kappa shape index (κ1) is 17.8. The van der Waals surface area contributed by atoms with Crippen LogP contribution in [0, 0.1) is 5.82 Å². The lowest BCUT2D eigenvalue weighted by Gasteiger charge is -2.26. The van der Waals surface area contributed by atoms with E-state index in [2.05, 4.69) is 15.4 Å². The van der Waals surface area contributed by atoms with Crippen LogP contribution >= 0.6 is 0 Å². The highest BCUT2D eigenvalue weighted by Gasteiger charge is 2.27. The number of anilines is 1. The summed E-state index contributed by atoms with van der Waals surface area (Å²) < 4.78 is 31.5. The van der Waals surface area contributed by atoms with Crippen LogP contribution in [0.2, 0.25) is 0 Å². The number of rotatable bonds is 5. The van der Waals surface area contributed by atoms with Gasteiger partial charge < -0.3 is 19.5 Å². The summed E-state index contributed by atoms with van der Waals surface area (Å²) in [5.74, 6) is 2.06. The molecule has 0 radical (unpaired) electrons. The summed E-state index contributed by atoms with van der Waals surface area (Å²) in [4.78, 5) is 4.29. The van der Waals surface area contributed by atoms with Gasteiger partial charge in [0, 0.05) is 17.3 Å². The second-order valence-corrected chi connectivity index (χ2v) is 6.13. The van der Waals surface area contributed by atoms with E-state index < -0.39 is 0 Å². The zero-order valence-electron chi connectivity index (χ0n) is 15.6. The van der Waals surface area contributed by atoms with Crippen LogP contribution in [-0.2, 0) is 0 Å². The van der Waals surface area contributed by atoms with Gasteiger partial charge in [-0.3, -0.25) is 0 Å². The molecule has 3 aromatic rings. The molecule has 4 rings (SSSR count). The van der Waals surface area contributed by atoms with E-state index in [1.165, 1.54) is 18.5 Å². The standard InChI is InChI=1S/C20H19FN4O3/c1-26-17-10-19(28-3)18(27-2)8-14(17)16-9-15(12-4-6-13(21)7-5-12)24-20-22-11-23-25(16)20/h4-11,16H,1-3H3,(H,22,23,24)/t16-/m0/s1. The van der Waals surface area contributed by atoms with Crippen molar-refractivity contribution in [1.82, 2.24) is 14.8 Å². The van der Waals surface area contributed by atoms with Gasteiger partial charge in [0.25, 0.3) is 0 Å². The number of hydrogen-bond donors (Lipinski definition) is 1. The van der Waals surface area contributed by atoms with Crippen molar-refractivity contribution in [2.45, 2.75) is 6.04 Å². The van der Waals surface area contributed by atoms with Crippen LogP contribution in [-0.4, -0.2) is 36.1 Å². The van der Waals surface area contributed by atoms with Gasteiger partial charge in [-0.05, 0) is 42.0 Å². The number of hydrogen-bond acceptors (Lipinski definition) is 6. The van der Waals surface area contributed by atoms with E-state index in [-0.39, 0.29) is 11.9 Å². The Balaban J connectivity index is 1.87. The number of methoxy groups -OCH3 is 3. The summed E-state index contributed by atoms with van der Waals surface area (Å²) in [7, 11) is 4.75. The molecular formula is C20H19FN4O3. The summed E-state index contributed by atoms with van der Waals surface area (Å²) in [6.45, 7) is 0. The molecule has 0 saturated carbocycles. The third-order valence-corrected chi connectivity index (χ3v) is 4.62. The fourth-order valence-electron chi connectivity index (χ4n) is 3.24. The molecule has 0 bridgehead atoms. The Morgan fingerprint density at radius 3 is 2.32 bits per heavy atom. The molecule has 1 atom stereocenters. The van der Waals surface area contributed by atoms with Gasteiger partial charge in [-0.2, -0.15) is 10.1 Å². The average molecular weight is 382 g/mol. The molecule has 0 unspecified atom stereocenters. The van der Waals surface area contributed by atoms with Gasteiger partial charge in [0.15, 0.2) is 11.5 Å². The van der Waals surface area contributed by atoms with E-state index in [9.17, 15) is 4.39 Å². The highest BCUT2D eigenvalue weighted by molar-refractivity contribution is 5.77. The van der Waals surface area contributed by atoms with Gasteiger partial charge in [-0.15, -0.1) is 0 Å². The van der Waals surface area contributed by atoms with Gasteiger partial charge in [-0.25, -0.2) is 9.07 Å². The second-order valence-electron chi connectivity index (χ2n) is 6.13. The fraction of sp³-hybridized carbons (Fsp3) is 0.200. The molecule has 2 heterocycles. The minimum Gasteiger partial charge on any atom is -0.496 e. The minimum atomic E-state index is -0.312. The molecule has 8 heteroatoms. The number of halogens is 1. The lowest BCUT2D eigenvalue weighted by molar-refractivity contribution is 0.346. The van der Waals surface area contributed by atoms with Gasteiger partial charge >= 0.3 is 0 Å². The van der Waals surface area contributed by atoms with Crippen LogP contribution in [0.3, 0.4) is 0 Å². The Morgan fingerprint density at radius 1 is 0.964 bits per heavy atom. The molecule has 0 spiro atoms. The summed E-state index contributed by atoms with van der Waals surface area (Å²) in [5, 5.41) is 7.57. The van der Waals surface area contributed by atoms with Crippen LogP contribution in [0.15, 0.2) is 48.8 Å². The maximum atomic E-state index is 13.3. The van der Waals surface area contributed by atoms with Crippen LogP contribution in [0.25, 0.3) is 5.70 Å². The highest BCUT2D eigenvalue weighted by Crippen LogP contribution is 2.41. The van der Waals surface area contributed by atoms with Gasteiger partial charge in [0.1, 0.15) is 23.9 Å². The van der Waals surface area contributed by atoms with Crippen molar-refractivity contribution in [2.75, 3.05) is 26.6 Å². The molecule has 144 valence electrons. The highest BCUT2D eigenvalue weighted by atomic mass is 19.1. The number of aromatic nitrogens is 3. The number of fused-ring (bicyclic) bond motifs is 1. The molecule has 1 aromatic heterocycles. The van der Waals surface area contributed by atoms with Gasteiger partial charge in [0.05, 0.1) is 21.3 Å². The maximum Gasteiger partial charge on any atom is 0.226 e. The van der Waals surface area contributed by atoms with Crippen LogP contribution < -0.4 is 19.5 Å². The van der Waals surface area contributed by atoms with E-state index in [0.29, 0.717) is 23.2 Å². The van der Waals surface area contributed by atoms with Crippen LogP contribution in [0.5, 0.6) is 17.2 Å². The normalized spacial score (nSPS) is 15.3. The minimum absolute atomic E-state index is 0.290. The fourth-order valence-corrected chi connectivity index (χ4v) is 3.24. The van der Waals surface area contributed by atoms with E-state index >= 15 is 0 Å². The number of benzene rings is 2. The zero-order chi connectivity index (χ0) is 19.7. The Labute approximate surface area is 161 Å². The Hall–Kier alpha value is -3.55. The quantitative estimate of drug-likeness (QED) is 0.728. The van der Waals surface area contributed by atoms with E-state index in [1.54, 1.807) is 44.2 Å². The molecule has 1 N–H and O–H groups in total. The van der Waals surface area contributed by atoms with E-state index in [4.69, 9.17) is 14.2 Å². The number of nitrogens with one attached hydrogen (secondary N) is 1. The lowest BCUT2D eigenvalue weighted by atomic mass is 10.00. The Kier molecular flexibility index (Phi) is 4.60. The smallest absolute Gasteiger partial charge is 0.226 e. The predicted octanol–water partition coefficient (Wildman–Crippen LogP) is 3.50. The molecule has 1 aliphatic heterocycles. The monoisotopic (exact) mass is 382 g/mol. The molecule has 2 aromatic carbocycles. The number of allylic oxidation sites excluding steroid dienone is 1. The third-order valence-electron chi connectivity index (χ3n) is 4.62. The summed E-state index contributed by atoms with van der Waals surface area (Å²) in [6, 6.07) is 9.59. The molecule has 0 amide bonds. The van der Waals surface area contributed by atoms with Crippen molar-refractivity contribution in [3.63, 3.8) is 0 Å².